The number of allylic oxidation sites excluding steroid dienone is 1. The SMILES string of the molecule is CO[C@H]1CC2C=CC[C@H]3C(=O)C(C)[C@@H](C)COC23/C(C)=C/C(C)[C@@H](C(C)O)OC1=O. The summed E-state index contributed by atoms with van der Waals surface area (Å²) in [4.78, 5) is 26.4. The molecule has 1 fully saturated rings. The second kappa shape index (κ2) is 8.93. The van der Waals surface area contributed by atoms with Gasteiger partial charge in [-0.15, -0.1) is 0 Å². The van der Waals surface area contributed by atoms with Crippen LogP contribution in [-0.2, 0) is 23.8 Å². The van der Waals surface area contributed by atoms with Crippen molar-refractivity contribution in [3.05, 3.63) is 23.8 Å². The van der Waals surface area contributed by atoms with Gasteiger partial charge in [0.15, 0.2) is 6.10 Å². The van der Waals surface area contributed by atoms with E-state index in [2.05, 4.69) is 13.0 Å². The number of ketones is 1. The molecule has 0 saturated carbocycles. The number of carbonyl (C=O) groups excluding carboxylic acids is 2. The summed E-state index contributed by atoms with van der Waals surface area (Å²) in [7, 11) is 1.49. The molecule has 0 amide bonds. The maximum absolute atomic E-state index is 13.5. The molecule has 1 saturated heterocycles. The first kappa shape index (κ1) is 23.2. The Kier molecular flexibility index (Phi) is 6.90. The van der Waals surface area contributed by atoms with Crippen LogP contribution in [0.4, 0.5) is 0 Å². The van der Waals surface area contributed by atoms with Crippen LogP contribution in [0.1, 0.15) is 47.5 Å². The predicted octanol–water partition coefficient (Wildman–Crippen LogP) is 3.08. The molecule has 3 aliphatic rings. The van der Waals surface area contributed by atoms with E-state index in [1.807, 2.05) is 32.9 Å². The Hall–Kier alpha value is -1.50. The fourth-order valence-electron chi connectivity index (χ4n) is 5.43. The molecule has 3 rings (SSSR count). The van der Waals surface area contributed by atoms with Gasteiger partial charge < -0.3 is 19.3 Å². The van der Waals surface area contributed by atoms with E-state index in [1.165, 1.54) is 7.11 Å². The number of methoxy groups -OCH3 is 1. The molecule has 0 aromatic rings. The molecule has 0 bridgehead atoms. The molecule has 0 aromatic carbocycles. The lowest BCUT2D eigenvalue weighted by Crippen LogP contribution is -2.54. The lowest BCUT2D eigenvalue weighted by Gasteiger charge is -2.48. The average Bonchev–Trinajstić information content (AvgIpc) is 2.80. The highest BCUT2D eigenvalue weighted by Crippen LogP contribution is 2.49. The van der Waals surface area contributed by atoms with Crippen LogP contribution in [0.3, 0.4) is 0 Å². The number of Topliss-reactive ketones (excluding diaryl/α,β-unsaturated/α-hetero) is 1. The molecule has 9 atom stereocenters. The minimum absolute atomic E-state index is 0.0874. The highest BCUT2D eigenvalue weighted by atomic mass is 16.6. The van der Waals surface area contributed by atoms with E-state index in [9.17, 15) is 14.7 Å². The van der Waals surface area contributed by atoms with E-state index in [0.717, 1.165) is 5.57 Å². The molecule has 0 aromatic heterocycles. The molecule has 5 unspecified atom stereocenters. The third-order valence-electron chi connectivity index (χ3n) is 7.43. The maximum Gasteiger partial charge on any atom is 0.335 e. The van der Waals surface area contributed by atoms with Crippen molar-refractivity contribution in [1.29, 1.82) is 0 Å². The van der Waals surface area contributed by atoms with Crippen LogP contribution in [0.2, 0.25) is 0 Å². The first-order valence-electron chi connectivity index (χ1n) is 11.1. The van der Waals surface area contributed by atoms with Gasteiger partial charge in [0.25, 0.3) is 0 Å². The fraction of sp³-hybridized carbons (Fsp3) is 0.750. The number of aliphatic hydroxyl groups is 1. The number of carbonyl (C=O) groups is 2. The summed E-state index contributed by atoms with van der Waals surface area (Å²) in [6, 6.07) is 0. The van der Waals surface area contributed by atoms with Crippen LogP contribution in [0, 0.1) is 29.6 Å². The molecule has 1 N–H and O–H groups in total. The maximum atomic E-state index is 13.5. The van der Waals surface area contributed by atoms with Crippen LogP contribution in [0.25, 0.3) is 0 Å². The Labute approximate surface area is 179 Å². The van der Waals surface area contributed by atoms with E-state index >= 15 is 0 Å². The highest BCUT2D eigenvalue weighted by molar-refractivity contribution is 5.86. The van der Waals surface area contributed by atoms with Crippen molar-refractivity contribution in [3.8, 4) is 0 Å². The van der Waals surface area contributed by atoms with E-state index in [0.29, 0.717) is 19.4 Å². The lowest BCUT2D eigenvalue weighted by atomic mass is 9.63. The first-order valence-corrected chi connectivity index (χ1v) is 11.1. The van der Waals surface area contributed by atoms with E-state index in [1.54, 1.807) is 6.92 Å². The Bertz CT molecular complexity index is 725. The van der Waals surface area contributed by atoms with Crippen molar-refractivity contribution < 1.29 is 28.9 Å². The molecule has 1 aliphatic carbocycles. The van der Waals surface area contributed by atoms with Gasteiger partial charge in [-0.3, -0.25) is 4.79 Å². The van der Waals surface area contributed by atoms with Crippen molar-refractivity contribution in [2.45, 2.75) is 71.4 Å². The Morgan fingerprint density at radius 1 is 1.27 bits per heavy atom. The van der Waals surface area contributed by atoms with E-state index < -0.39 is 29.9 Å². The summed E-state index contributed by atoms with van der Waals surface area (Å²) in [6.45, 7) is 10.1. The molecule has 0 radical (unpaired) electrons. The second-order valence-electron chi connectivity index (χ2n) is 9.41. The van der Waals surface area contributed by atoms with Gasteiger partial charge in [-0.2, -0.15) is 0 Å². The Balaban J connectivity index is 2.18. The molecular formula is C24H36O6. The number of hydrogen-bond donors (Lipinski definition) is 1. The smallest absolute Gasteiger partial charge is 0.335 e. The molecule has 2 aliphatic heterocycles. The van der Waals surface area contributed by atoms with Gasteiger partial charge in [-0.05, 0) is 38.2 Å². The van der Waals surface area contributed by atoms with Gasteiger partial charge >= 0.3 is 5.97 Å². The van der Waals surface area contributed by atoms with Crippen LogP contribution in [0.15, 0.2) is 23.8 Å². The number of ether oxygens (including phenoxy) is 3. The van der Waals surface area contributed by atoms with Gasteiger partial charge in [-0.25, -0.2) is 4.79 Å². The number of rotatable bonds is 2. The molecule has 6 nitrogen and oxygen atoms in total. The molecule has 168 valence electrons. The summed E-state index contributed by atoms with van der Waals surface area (Å²) in [5, 5.41) is 10.3. The fourth-order valence-corrected chi connectivity index (χ4v) is 5.43. The highest BCUT2D eigenvalue weighted by Gasteiger charge is 2.55. The molecular weight excluding hydrogens is 384 g/mol. The normalized spacial score (nSPS) is 45.3. The topological polar surface area (TPSA) is 82.1 Å². The average molecular weight is 421 g/mol. The summed E-state index contributed by atoms with van der Waals surface area (Å²) < 4.78 is 17.8. The quantitative estimate of drug-likeness (QED) is 0.546. The predicted molar refractivity (Wildman–Crippen MR) is 113 cm³/mol. The number of aliphatic hydroxyl groups excluding tert-OH is 1. The zero-order chi connectivity index (χ0) is 22.2. The second-order valence-corrected chi connectivity index (χ2v) is 9.41. The van der Waals surface area contributed by atoms with Crippen molar-refractivity contribution in [2.75, 3.05) is 13.7 Å². The minimum Gasteiger partial charge on any atom is -0.457 e. The van der Waals surface area contributed by atoms with Crippen molar-refractivity contribution in [3.63, 3.8) is 0 Å². The minimum atomic E-state index is -0.836. The largest absolute Gasteiger partial charge is 0.457 e. The van der Waals surface area contributed by atoms with Gasteiger partial charge in [0, 0.05) is 24.9 Å². The van der Waals surface area contributed by atoms with Gasteiger partial charge in [0.1, 0.15) is 17.5 Å². The van der Waals surface area contributed by atoms with E-state index in [-0.39, 0.29) is 35.4 Å². The van der Waals surface area contributed by atoms with Gasteiger partial charge in [-0.1, -0.05) is 39.0 Å². The third kappa shape index (κ3) is 3.90. The monoisotopic (exact) mass is 420 g/mol. The molecule has 1 spiro atoms. The first-order chi connectivity index (χ1) is 14.1. The third-order valence-corrected chi connectivity index (χ3v) is 7.43. The zero-order valence-corrected chi connectivity index (χ0v) is 19.0. The molecule has 2 heterocycles. The summed E-state index contributed by atoms with van der Waals surface area (Å²) >= 11 is 0. The van der Waals surface area contributed by atoms with Crippen molar-refractivity contribution >= 4 is 11.8 Å². The van der Waals surface area contributed by atoms with E-state index in [4.69, 9.17) is 14.2 Å². The number of cyclic esters (lactones) is 1. The van der Waals surface area contributed by atoms with Crippen molar-refractivity contribution in [1.82, 2.24) is 0 Å². The van der Waals surface area contributed by atoms with Crippen LogP contribution in [0.5, 0.6) is 0 Å². The van der Waals surface area contributed by atoms with Crippen molar-refractivity contribution in [2.24, 2.45) is 29.6 Å². The summed E-state index contributed by atoms with van der Waals surface area (Å²) in [5.41, 5.74) is 0.138. The summed E-state index contributed by atoms with van der Waals surface area (Å²) in [5.74, 6) is -0.993. The van der Waals surface area contributed by atoms with Crippen LogP contribution >= 0.6 is 0 Å². The lowest BCUT2D eigenvalue weighted by molar-refractivity contribution is -0.172. The van der Waals surface area contributed by atoms with Crippen LogP contribution < -0.4 is 0 Å². The molecule has 6 heteroatoms. The number of esters is 1. The molecule has 30 heavy (non-hydrogen) atoms. The van der Waals surface area contributed by atoms with Gasteiger partial charge in [0.2, 0.25) is 0 Å². The number of hydrogen-bond acceptors (Lipinski definition) is 6. The Morgan fingerprint density at radius 3 is 2.60 bits per heavy atom. The standard InChI is InChI=1S/C24H36O6/c1-13-10-15(3)24-18(11-20(28-6)23(27)30-22(13)17(5)25)8-7-9-19(24)21(26)16(4)14(2)12-29-24/h7-8,10,13-14,16-20,22,25H,9,11-12H2,1-6H3/b15-10+/t13?,14-,16?,17?,18?,19-,20-,22-,24?/m0/s1. The zero-order valence-electron chi connectivity index (χ0n) is 19.0. The summed E-state index contributed by atoms with van der Waals surface area (Å²) in [6.07, 6.45) is 4.76. The van der Waals surface area contributed by atoms with Crippen LogP contribution in [-0.4, -0.2) is 54.5 Å². The van der Waals surface area contributed by atoms with Gasteiger partial charge in [0.05, 0.1) is 18.6 Å². The Morgan fingerprint density at radius 2 is 1.97 bits per heavy atom.